The van der Waals surface area contributed by atoms with Gasteiger partial charge in [-0.3, -0.25) is 4.79 Å². The number of hydrogen-bond acceptors (Lipinski definition) is 5. The fraction of sp³-hybridized carbons (Fsp3) is 0.278. The molecule has 0 atom stereocenters. The SMILES string of the molecule is COC(=O)c1c(N)c(C#N)cn1-c1ccc(CCC(=O)N(C)C)cc1. The number of benzene rings is 1. The zero-order valence-electron chi connectivity index (χ0n) is 14.4. The van der Waals surface area contributed by atoms with E-state index in [1.54, 1.807) is 19.0 Å². The minimum atomic E-state index is -0.611. The average Bonchev–Trinajstić information content (AvgIpc) is 2.95. The fourth-order valence-corrected chi connectivity index (χ4v) is 2.42. The standard InChI is InChI=1S/C18H20N4O3/c1-21(2)15(23)9-6-12-4-7-14(8-5-12)22-11-13(10-19)16(20)17(22)18(24)25-3/h4-5,7-8,11H,6,9,20H2,1-3H3. The highest BCUT2D eigenvalue weighted by Gasteiger charge is 2.21. The van der Waals surface area contributed by atoms with E-state index < -0.39 is 5.97 Å². The molecule has 0 radical (unpaired) electrons. The molecule has 0 aliphatic carbocycles. The van der Waals surface area contributed by atoms with E-state index in [1.165, 1.54) is 17.9 Å². The molecule has 0 saturated carbocycles. The summed E-state index contributed by atoms with van der Waals surface area (Å²) in [6, 6.07) is 9.33. The number of rotatable bonds is 5. The number of aromatic nitrogens is 1. The maximum Gasteiger partial charge on any atom is 0.357 e. The molecule has 1 amide bonds. The first-order valence-electron chi connectivity index (χ1n) is 7.67. The predicted molar refractivity (Wildman–Crippen MR) is 93.3 cm³/mol. The van der Waals surface area contributed by atoms with Gasteiger partial charge < -0.3 is 19.9 Å². The van der Waals surface area contributed by atoms with Gasteiger partial charge in [0.1, 0.15) is 6.07 Å². The van der Waals surface area contributed by atoms with Crippen molar-refractivity contribution in [1.82, 2.24) is 9.47 Å². The summed E-state index contributed by atoms with van der Waals surface area (Å²) in [6.07, 6.45) is 2.55. The number of nitrogens with zero attached hydrogens (tertiary/aromatic N) is 3. The summed E-state index contributed by atoms with van der Waals surface area (Å²) in [5.74, 6) is -0.548. The number of amides is 1. The molecule has 1 heterocycles. The highest BCUT2D eigenvalue weighted by molar-refractivity contribution is 5.95. The van der Waals surface area contributed by atoms with Gasteiger partial charge in [-0.15, -0.1) is 0 Å². The Kier molecular flexibility index (Phi) is 5.45. The van der Waals surface area contributed by atoms with E-state index in [-0.39, 0.29) is 22.9 Å². The Balaban J connectivity index is 2.30. The lowest BCUT2D eigenvalue weighted by Gasteiger charge is -2.11. The van der Waals surface area contributed by atoms with Gasteiger partial charge in [-0.1, -0.05) is 12.1 Å². The quantitative estimate of drug-likeness (QED) is 0.835. The molecular formula is C18H20N4O3. The molecule has 0 fully saturated rings. The van der Waals surface area contributed by atoms with E-state index in [4.69, 9.17) is 15.7 Å². The predicted octanol–water partition coefficient (Wildman–Crippen LogP) is 1.74. The number of carbonyl (C=O) groups is 2. The van der Waals surface area contributed by atoms with Gasteiger partial charge in [0.25, 0.3) is 0 Å². The van der Waals surface area contributed by atoms with Crippen LogP contribution < -0.4 is 5.73 Å². The van der Waals surface area contributed by atoms with Crippen molar-refractivity contribution in [2.75, 3.05) is 26.9 Å². The number of ether oxygens (including phenoxy) is 1. The number of esters is 1. The molecule has 7 heteroatoms. The van der Waals surface area contributed by atoms with Crippen molar-refractivity contribution in [3.63, 3.8) is 0 Å². The second-order valence-electron chi connectivity index (χ2n) is 5.73. The Labute approximate surface area is 146 Å². The molecule has 0 bridgehead atoms. The Morgan fingerprint density at radius 1 is 1.28 bits per heavy atom. The van der Waals surface area contributed by atoms with E-state index in [1.807, 2.05) is 30.3 Å². The molecule has 7 nitrogen and oxygen atoms in total. The summed E-state index contributed by atoms with van der Waals surface area (Å²) >= 11 is 0. The number of hydrogen-bond donors (Lipinski definition) is 1. The number of methoxy groups -OCH3 is 1. The van der Waals surface area contributed by atoms with E-state index in [2.05, 4.69) is 0 Å². The molecule has 0 aliphatic rings. The third-order valence-corrected chi connectivity index (χ3v) is 3.88. The van der Waals surface area contributed by atoms with Crippen molar-refractivity contribution in [2.45, 2.75) is 12.8 Å². The molecule has 2 aromatic rings. The van der Waals surface area contributed by atoms with E-state index in [0.29, 0.717) is 18.5 Å². The first kappa shape index (κ1) is 18.1. The van der Waals surface area contributed by atoms with Crippen LogP contribution in [0.4, 0.5) is 5.69 Å². The first-order valence-corrected chi connectivity index (χ1v) is 7.67. The molecule has 0 spiro atoms. The highest BCUT2D eigenvalue weighted by atomic mass is 16.5. The van der Waals surface area contributed by atoms with Gasteiger partial charge in [0, 0.05) is 32.4 Å². The van der Waals surface area contributed by atoms with Crippen molar-refractivity contribution in [3.05, 3.63) is 47.3 Å². The summed E-state index contributed by atoms with van der Waals surface area (Å²) in [6.45, 7) is 0. The van der Waals surface area contributed by atoms with Crippen LogP contribution in [0, 0.1) is 11.3 Å². The third kappa shape index (κ3) is 3.80. The lowest BCUT2D eigenvalue weighted by molar-refractivity contribution is -0.128. The van der Waals surface area contributed by atoms with Gasteiger partial charge in [0.05, 0.1) is 18.4 Å². The van der Waals surface area contributed by atoms with E-state index in [9.17, 15) is 9.59 Å². The molecular weight excluding hydrogens is 320 g/mol. The largest absolute Gasteiger partial charge is 0.464 e. The van der Waals surface area contributed by atoms with Crippen molar-refractivity contribution in [1.29, 1.82) is 5.26 Å². The molecule has 1 aromatic heterocycles. The van der Waals surface area contributed by atoms with Crippen molar-refractivity contribution in [3.8, 4) is 11.8 Å². The van der Waals surface area contributed by atoms with Crippen LogP contribution in [0.15, 0.2) is 30.5 Å². The molecule has 25 heavy (non-hydrogen) atoms. The van der Waals surface area contributed by atoms with Crippen LogP contribution in [0.3, 0.4) is 0 Å². The zero-order valence-corrected chi connectivity index (χ0v) is 14.4. The molecule has 2 rings (SSSR count). The van der Waals surface area contributed by atoms with Gasteiger partial charge in [0.15, 0.2) is 5.69 Å². The fourth-order valence-electron chi connectivity index (χ4n) is 2.42. The molecule has 0 saturated heterocycles. The molecule has 2 N–H and O–H groups in total. The Morgan fingerprint density at radius 3 is 2.44 bits per heavy atom. The Hall–Kier alpha value is -3.27. The number of nitrogen functional groups attached to an aromatic ring is 1. The second kappa shape index (κ2) is 7.53. The highest BCUT2D eigenvalue weighted by Crippen LogP contribution is 2.25. The first-order chi connectivity index (χ1) is 11.9. The molecule has 130 valence electrons. The topological polar surface area (TPSA) is 101 Å². The van der Waals surface area contributed by atoms with Crippen LogP contribution in [0.1, 0.15) is 28.0 Å². The number of anilines is 1. The van der Waals surface area contributed by atoms with Crippen LogP contribution in [0.25, 0.3) is 5.69 Å². The minimum absolute atomic E-state index is 0.0638. The summed E-state index contributed by atoms with van der Waals surface area (Å²) < 4.78 is 6.29. The van der Waals surface area contributed by atoms with Crippen LogP contribution in [-0.2, 0) is 16.0 Å². The molecule has 0 aliphatic heterocycles. The van der Waals surface area contributed by atoms with Crippen molar-refractivity contribution >= 4 is 17.6 Å². The summed E-state index contributed by atoms with van der Waals surface area (Å²) in [5, 5.41) is 9.14. The summed E-state index contributed by atoms with van der Waals surface area (Å²) in [7, 11) is 4.71. The maximum atomic E-state index is 12.0. The number of carbonyl (C=O) groups excluding carboxylic acids is 2. The van der Waals surface area contributed by atoms with E-state index in [0.717, 1.165) is 5.56 Å². The number of nitriles is 1. The molecule has 0 unspecified atom stereocenters. The zero-order chi connectivity index (χ0) is 18.6. The number of aryl methyl sites for hydroxylation is 1. The normalized spacial score (nSPS) is 10.2. The van der Waals surface area contributed by atoms with Crippen LogP contribution in [0.2, 0.25) is 0 Å². The van der Waals surface area contributed by atoms with Crippen molar-refractivity contribution < 1.29 is 14.3 Å². The second-order valence-corrected chi connectivity index (χ2v) is 5.73. The van der Waals surface area contributed by atoms with Gasteiger partial charge in [-0.2, -0.15) is 5.26 Å². The van der Waals surface area contributed by atoms with Crippen LogP contribution in [0.5, 0.6) is 0 Å². The third-order valence-electron chi connectivity index (χ3n) is 3.88. The van der Waals surface area contributed by atoms with E-state index >= 15 is 0 Å². The van der Waals surface area contributed by atoms with Gasteiger partial charge in [0.2, 0.25) is 5.91 Å². The monoisotopic (exact) mass is 340 g/mol. The molecule has 1 aromatic carbocycles. The number of nitrogens with two attached hydrogens (primary N) is 1. The average molecular weight is 340 g/mol. The lowest BCUT2D eigenvalue weighted by atomic mass is 10.1. The lowest BCUT2D eigenvalue weighted by Crippen LogP contribution is -2.21. The minimum Gasteiger partial charge on any atom is -0.464 e. The van der Waals surface area contributed by atoms with Crippen molar-refractivity contribution in [2.24, 2.45) is 0 Å². The Bertz CT molecular complexity index is 829. The van der Waals surface area contributed by atoms with Gasteiger partial charge in [-0.25, -0.2) is 4.79 Å². The van der Waals surface area contributed by atoms with Gasteiger partial charge >= 0.3 is 5.97 Å². The Morgan fingerprint density at radius 2 is 1.92 bits per heavy atom. The summed E-state index contributed by atoms with van der Waals surface area (Å²) in [4.78, 5) is 25.2. The maximum absolute atomic E-state index is 12.0. The van der Waals surface area contributed by atoms with Crippen LogP contribution in [-0.4, -0.2) is 42.5 Å². The summed E-state index contributed by atoms with van der Waals surface area (Å²) in [5.41, 5.74) is 7.98. The smallest absolute Gasteiger partial charge is 0.357 e. The van der Waals surface area contributed by atoms with Crippen LogP contribution >= 0.6 is 0 Å². The van der Waals surface area contributed by atoms with Gasteiger partial charge in [-0.05, 0) is 24.1 Å².